The second-order valence-electron chi connectivity index (χ2n) is 6.14. The van der Waals surface area contributed by atoms with Crippen LogP contribution in [0.3, 0.4) is 0 Å². The molecule has 0 radical (unpaired) electrons. The summed E-state index contributed by atoms with van der Waals surface area (Å²) >= 11 is 0. The molecule has 3 heteroatoms. The molecular weight excluding hydrogens is 228 g/mol. The summed E-state index contributed by atoms with van der Waals surface area (Å²) < 4.78 is 5.45. The minimum absolute atomic E-state index is 0.245. The molecule has 0 aliphatic rings. The summed E-state index contributed by atoms with van der Waals surface area (Å²) in [7, 11) is 0. The Kier molecular flexibility index (Phi) is 6.61. The largest absolute Gasteiger partial charge is 0.456 e. The minimum atomic E-state index is -0.609. The van der Waals surface area contributed by atoms with E-state index < -0.39 is 11.2 Å². The SMILES string of the molecule is CC=C(C)C(=O)OC(C)(C)CCCCC(C)(C)O. The van der Waals surface area contributed by atoms with Crippen molar-refractivity contribution in [2.75, 3.05) is 0 Å². The fourth-order valence-corrected chi connectivity index (χ4v) is 1.61. The molecule has 106 valence electrons. The summed E-state index contributed by atoms with van der Waals surface area (Å²) in [6.45, 7) is 11.1. The lowest BCUT2D eigenvalue weighted by molar-refractivity contribution is -0.152. The summed E-state index contributed by atoms with van der Waals surface area (Å²) in [5.41, 5.74) is -0.414. The predicted octanol–water partition coefficient (Wildman–Crippen LogP) is 3.61. The number of aliphatic hydroxyl groups is 1. The number of ether oxygens (including phenoxy) is 1. The van der Waals surface area contributed by atoms with Crippen molar-refractivity contribution < 1.29 is 14.6 Å². The van der Waals surface area contributed by atoms with Gasteiger partial charge in [-0.05, 0) is 60.8 Å². The maximum atomic E-state index is 11.7. The summed E-state index contributed by atoms with van der Waals surface area (Å²) in [6.07, 6.45) is 5.22. The number of hydrogen-bond acceptors (Lipinski definition) is 3. The van der Waals surface area contributed by atoms with Crippen LogP contribution in [0.15, 0.2) is 11.6 Å². The van der Waals surface area contributed by atoms with Gasteiger partial charge in [-0.2, -0.15) is 0 Å². The number of carbonyl (C=O) groups is 1. The van der Waals surface area contributed by atoms with E-state index in [0.29, 0.717) is 5.57 Å². The Morgan fingerprint density at radius 1 is 1.17 bits per heavy atom. The lowest BCUT2D eigenvalue weighted by Crippen LogP contribution is -2.28. The minimum Gasteiger partial charge on any atom is -0.456 e. The molecule has 0 unspecified atom stereocenters. The zero-order valence-corrected chi connectivity index (χ0v) is 12.7. The summed E-state index contributed by atoms with van der Waals surface area (Å²) in [4.78, 5) is 11.7. The molecule has 0 aromatic heterocycles. The molecule has 0 aromatic carbocycles. The molecular formula is C15H28O3. The Hall–Kier alpha value is -0.830. The van der Waals surface area contributed by atoms with Gasteiger partial charge in [-0.3, -0.25) is 0 Å². The molecule has 0 saturated carbocycles. The molecule has 0 aromatic rings. The van der Waals surface area contributed by atoms with E-state index in [4.69, 9.17) is 4.74 Å². The standard InChI is InChI=1S/C15H28O3/c1-7-12(2)13(16)18-15(5,6)11-9-8-10-14(3,4)17/h7,17H,8-11H2,1-6H3. The van der Waals surface area contributed by atoms with Crippen LogP contribution < -0.4 is 0 Å². The van der Waals surface area contributed by atoms with E-state index in [0.717, 1.165) is 25.7 Å². The van der Waals surface area contributed by atoms with Gasteiger partial charge >= 0.3 is 5.97 Å². The first-order valence-corrected chi connectivity index (χ1v) is 6.66. The number of rotatable bonds is 7. The molecule has 0 fully saturated rings. The highest BCUT2D eigenvalue weighted by Crippen LogP contribution is 2.22. The van der Waals surface area contributed by atoms with Crippen LogP contribution in [0.4, 0.5) is 0 Å². The van der Waals surface area contributed by atoms with E-state index in [1.165, 1.54) is 0 Å². The van der Waals surface area contributed by atoms with Gasteiger partial charge in [-0.25, -0.2) is 4.79 Å². The first kappa shape index (κ1) is 17.2. The zero-order chi connectivity index (χ0) is 14.4. The van der Waals surface area contributed by atoms with Crippen LogP contribution in [0, 0.1) is 0 Å². The van der Waals surface area contributed by atoms with Crippen molar-refractivity contribution in [3.05, 3.63) is 11.6 Å². The first-order chi connectivity index (χ1) is 8.07. The lowest BCUT2D eigenvalue weighted by atomic mass is 9.96. The second kappa shape index (κ2) is 6.93. The van der Waals surface area contributed by atoms with E-state index in [9.17, 15) is 9.90 Å². The molecule has 3 nitrogen and oxygen atoms in total. The zero-order valence-electron chi connectivity index (χ0n) is 12.7. The highest BCUT2D eigenvalue weighted by molar-refractivity contribution is 5.87. The molecule has 18 heavy (non-hydrogen) atoms. The Labute approximate surface area is 111 Å². The fraction of sp³-hybridized carbons (Fsp3) is 0.800. The van der Waals surface area contributed by atoms with Crippen molar-refractivity contribution >= 4 is 5.97 Å². The van der Waals surface area contributed by atoms with E-state index in [1.807, 2.05) is 34.6 Å². The van der Waals surface area contributed by atoms with Gasteiger partial charge in [-0.1, -0.05) is 12.5 Å². The van der Waals surface area contributed by atoms with Crippen LogP contribution in [0.5, 0.6) is 0 Å². The van der Waals surface area contributed by atoms with Gasteiger partial charge < -0.3 is 9.84 Å². The molecule has 0 bridgehead atoms. The van der Waals surface area contributed by atoms with Crippen LogP contribution in [0.1, 0.15) is 67.2 Å². The molecule has 0 rings (SSSR count). The van der Waals surface area contributed by atoms with Crippen molar-refractivity contribution in [3.8, 4) is 0 Å². The maximum Gasteiger partial charge on any atom is 0.333 e. The molecule has 0 amide bonds. The summed E-state index contributed by atoms with van der Waals surface area (Å²) in [5, 5.41) is 9.60. The Bertz CT molecular complexity index is 295. The molecule has 0 aliphatic carbocycles. The molecule has 0 atom stereocenters. The van der Waals surface area contributed by atoms with E-state index >= 15 is 0 Å². The van der Waals surface area contributed by atoms with Gasteiger partial charge in [0.15, 0.2) is 0 Å². The molecule has 0 spiro atoms. The molecule has 0 heterocycles. The number of esters is 1. The van der Waals surface area contributed by atoms with Crippen LogP contribution in [0.25, 0.3) is 0 Å². The number of carbonyl (C=O) groups excluding carboxylic acids is 1. The Morgan fingerprint density at radius 2 is 1.67 bits per heavy atom. The van der Waals surface area contributed by atoms with Gasteiger partial charge in [0.1, 0.15) is 5.60 Å². The quantitative estimate of drug-likeness (QED) is 0.430. The van der Waals surface area contributed by atoms with Crippen molar-refractivity contribution in [2.45, 2.75) is 78.4 Å². The van der Waals surface area contributed by atoms with Crippen LogP contribution in [-0.4, -0.2) is 22.3 Å². The lowest BCUT2D eigenvalue weighted by Gasteiger charge is -2.26. The van der Waals surface area contributed by atoms with Crippen molar-refractivity contribution in [1.82, 2.24) is 0 Å². The van der Waals surface area contributed by atoms with Crippen LogP contribution >= 0.6 is 0 Å². The van der Waals surface area contributed by atoms with Crippen molar-refractivity contribution in [1.29, 1.82) is 0 Å². The van der Waals surface area contributed by atoms with Crippen molar-refractivity contribution in [2.24, 2.45) is 0 Å². The highest BCUT2D eigenvalue weighted by atomic mass is 16.6. The summed E-state index contributed by atoms with van der Waals surface area (Å²) in [6, 6.07) is 0. The van der Waals surface area contributed by atoms with Gasteiger partial charge in [0, 0.05) is 5.57 Å². The average molecular weight is 256 g/mol. The molecule has 1 N–H and O–H groups in total. The van der Waals surface area contributed by atoms with Gasteiger partial charge in [0.05, 0.1) is 5.60 Å². The Morgan fingerprint density at radius 3 is 2.11 bits per heavy atom. The smallest absolute Gasteiger partial charge is 0.333 e. The number of unbranched alkanes of at least 4 members (excludes halogenated alkanes) is 1. The van der Waals surface area contributed by atoms with Gasteiger partial charge in [0.2, 0.25) is 0 Å². The number of hydrogen-bond donors (Lipinski definition) is 1. The normalized spacial score (nSPS) is 13.6. The third-order valence-electron chi connectivity index (χ3n) is 2.94. The molecule has 0 saturated heterocycles. The van der Waals surface area contributed by atoms with Crippen LogP contribution in [0.2, 0.25) is 0 Å². The second-order valence-corrected chi connectivity index (χ2v) is 6.14. The first-order valence-electron chi connectivity index (χ1n) is 6.66. The third kappa shape index (κ3) is 8.29. The number of allylic oxidation sites excluding steroid dienone is 1. The van der Waals surface area contributed by atoms with E-state index in [-0.39, 0.29) is 5.97 Å². The Balaban J connectivity index is 4.05. The fourth-order valence-electron chi connectivity index (χ4n) is 1.61. The van der Waals surface area contributed by atoms with E-state index in [2.05, 4.69) is 0 Å². The highest BCUT2D eigenvalue weighted by Gasteiger charge is 2.23. The predicted molar refractivity (Wildman–Crippen MR) is 74.4 cm³/mol. The monoisotopic (exact) mass is 256 g/mol. The summed E-state index contributed by atoms with van der Waals surface area (Å²) in [5.74, 6) is -0.245. The van der Waals surface area contributed by atoms with Gasteiger partial charge in [0.25, 0.3) is 0 Å². The van der Waals surface area contributed by atoms with Crippen molar-refractivity contribution in [3.63, 3.8) is 0 Å². The van der Waals surface area contributed by atoms with E-state index in [1.54, 1.807) is 13.0 Å². The third-order valence-corrected chi connectivity index (χ3v) is 2.94. The maximum absolute atomic E-state index is 11.7. The average Bonchev–Trinajstić information content (AvgIpc) is 2.21. The van der Waals surface area contributed by atoms with Crippen LogP contribution in [-0.2, 0) is 9.53 Å². The van der Waals surface area contributed by atoms with Gasteiger partial charge in [-0.15, -0.1) is 0 Å². The topological polar surface area (TPSA) is 46.5 Å². The molecule has 0 aliphatic heterocycles.